The maximum absolute atomic E-state index is 12.0. The summed E-state index contributed by atoms with van der Waals surface area (Å²) in [5.41, 5.74) is 2.13. The van der Waals surface area contributed by atoms with E-state index in [1.807, 2.05) is 36.1 Å². The number of thioether (sulfide) groups is 1. The summed E-state index contributed by atoms with van der Waals surface area (Å²) in [6.07, 6.45) is 0. The number of amides is 1. The zero-order valence-corrected chi connectivity index (χ0v) is 9.99. The van der Waals surface area contributed by atoms with Gasteiger partial charge in [-0.1, -0.05) is 30.0 Å². The molecule has 0 spiro atoms. The molecule has 0 aromatic heterocycles. The quantitative estimate of drug-likeness (QED) is 0.689. The van der Waals surface area contributed by atoms with Crippen molar-refractivity contribution in [3.8, 4) is 0 Å². The first-order chi connectivity index (χ1) is 7.68. The molecule has 2 heterocycles. The van der Waals surface area contributed by atoms with Crippen molar-refractivity contribution in [2.45, 2.75) is 25.1 Å². The van der Waals surface area contributed by atoms with E-state index in [1.165, 1.54) is 0 Å². The Labute approximate surface area is 98.5 Å². The number of amidine groups is 1. The van der Waals surface area contributed by atoms with Gasteiger partial charge in [0.1, 0.15) is 0 Å². The molecule has 3 rings (SSSR count). The highest BCUT2D eigenvalue weighted by molar-refractivity contribution is 8.15. The second-order valence-corrected chi connectivity index (χ2v) is 5.41. The number of nitrogens with zero attached hydrogens (tertiary/aromatic N) is 2. The van der Waals surface area contributed by atoms with Crippen molar-refractivity contribution in [3.05, 3.63) is 29.8 Å². The summed E-state index contributed by atoms with van der Waals surface area (Å²) in [4.78, 5) is 18.3. The zero-order valence-electron chi connectivity index (χ0n) is 9.18. The Bertz CT molecular complexity index is 498. The van der Waals surface area contributed by atoms with E-state index in [-0.39, 0.29) is 17.2 Å². The Balaban J connectivity index is 2.14. The Hall–Kier alpha value is -1.29. The first-order valence-corrected chi connectivity index (χ1v) is 6.24. The van der Waals surface area contributed by atoms with E-state index in [2.05, 4.69) is 11.9 Å². The minimum Gasteiger partial charge on any atom is -0.283 e. The summed E-state index contributed by atoms with van der Waals surface area (Å²) in [6, 6.07) is 8.13. The standard InChI is InChI=1S/C12H12N2OS/c1-7-9-5-3-4-6-10(9)13-12-14(7)11(15)8(2)16-12/h3-8H,1-2H3/t7-,8-/m0/s1. The molecule has 0 N–H and O–H groups in total. The van der Waals surface area contributed by atoms with Gasteiger partial charge in [-0.25, -0.2) is 4.99 Å². The third kappa shape index (κ3) is 1.23. The fourth-order valence-corrected chi connectivity index (χ4v) is 3.22. The number of benzene rings is 1. The van der Waals surface area contributed by atoms with E-state index >= 15 is 0 Å². The maximum Gasteiger partial charge on any atom is 0.242 e. The molecule has 3 nitrogen and oxygen atoms in total. The van der Waals surface area contributed by atoms with E-state index in [1.54, 1.807) is 11.8 Å². The number of aliphatic imine (C=N–C) groups is 1. The summed E-state index contributed by atoms with van der Waals surface area (Å²) in [6.45, 7) is 4.00. The Kier molecular flexibility index (Phi) is 2.07. The molecular weight excluding hydrogens is 220 g/mol. The maximum atomic E-state index is 12.0. The lowest BCUT2D eigenvalue weighted by molar-refractivity contribution is -0.127. The highest BCUT2D eigenvalue weighted by Crippen LogP contribution is 2.42. The molecule has 1 amide bonds. The molecule has 2 atom stereocenters. The van der Waals surface area contributed by atoms with Gasteiger partial charge < -0.3 is 0 Å². The molecule has 1 fully saturated rings. The van der Waals surface area contributed by atoms with E-state index in [0.717, 1.165) is 16.4 Å². The Morgan fingerprint density at radius 2 is 2.06 bits per heavy atom. The van der Waals surface area contributed by atoms with Crippen molar-refractivity contribution in [2.24, 2.45) is 4.99 Å². The molecule has 1 saturated heterocycles. The minimum atomic E-state index is -0.00416. The number of fused-ring (bicyclic) bond motifs is 2. The fourth-order valence-electron chi connectivity index (χ4n) is 2.18. The second-order valence-electron chi connectivity index (χ2n) is 4.10. The van der Waals surface area contributed by atoms with Crippen molar-refractivity contribution < 1.29 is 4.79 Å². The van der Waals surface area contributed by atoms with Crippen LogP contribution in [-0.2, 0) is 4.79 Å². The van der Waals surface area contributed by atoms with Gasteiger partial charge in [0.05, 0.1) is 17.0 Å². The molecule has 4 heteroatoms. The van der Waals surface area contributed by atoms with Gasteiger partial charge >= 0.3 is 0 Å². The molecular formula is C12H12N2OS. The van der Waals surface area contributed by atoms with Crippen LogP contribution in [0.2, 0.25) is 0 Å². The first-order valence-electron chi connectivity index (χ1n) is 5.36. The number of hydrogen-bond donors (Lipinski definition) is 0. The minimum absolute atomic E-state index is 0.00416. The lowest BCUT2D eigenvalue weighted by Gasteiger charge is -2.29. The van der Waals surface area contributed by atoms with Crippen LogP contribution in [0.15, 0.2) is 29.3 Å². The topological polar surface area (TPSA) is 32.7 Å². The molecule has 0 aliphatic carbocycles. The average Bonchev–Trinajstić information content (AvgIpc) is 2.55. The van der Waals surface area contributed by atoms with Gasteiger partial charge in [-0.2, -0.15) is 0 Å². The number of rotatable bonds is 0. The monoisotopic (exact) mass is 232 g/mol. The van der Waals surface area contributed by atoms with Crippen molar-refractivity contribution in [3.63, 3.8) is 0 Å². The molecule has 0 radical (unpaired) electrons. The molecule has 0 bridgehead atoms. The van der Waals surface area contributed by atoms with E-state index < -0.39 is 0 Å². The normalized spacial score (nSPS) is 27.5. The van der Waals surface area contributed by atoms with Crippen molar-refractivity contribution in [1.82, 2.24) is 4.90 Å². The molecule has 2 aliphatic heterocycles. The van der Waals surface area contributed by atoms with Crippen LogP contribution >= 0.6 is 11.8 Å². The smallest absolute Gasteiger partial charge is 0.242 e. The highest BCUT2D eigenvalue weighted by Gasteiger charge is 2.41. The number of hydrogen-bond acceptors (Lipinski definition) is 3. The van der Waals surface area contributed by atoms with Crippen molar-refractivity contribution >= 4 is 28.5 Å². The number of carbonyl (C=O) groups excluding carboxylic acids is 1. The van der Waals surface area contributed by atoms with Crippen LogP contribution in [0.4, 0.5) is 5.69 Å². The van der Waals surface area contributed by atoms with Crippen LogP contribution in [0.3, 0.4) is 0 Å². The van der Waals surface area contributed by atoms with E-state index in [4.69, 9.17) is 0 Å². The lowest BCUT2D eigenvalue weighted by atomic mass is 10.0. The fraction of sp³-hybridized carbons (Fsp3) is 0.333. The number of para-hydroxylation sites is 1. The van der Waals surface area contributed by atoms with Crippen molar-refractivity contribution in [1.29, 1.82) is 0 Å². The third-order valence-corrected chi connectivity index (χ3v) is 4.12. The van der Waals surface area contributed by atoms with Crippen LogP contribution in [0.5, 0.6) is 0 Å². The molecule has 16 heavy (non-hydrogen) atoms. The highest BCUT2D eigenvalue weighted by atomic mass is 32.2. The largest absolute Gasteiger partial charge is 0.283 e. The summed E-state index contributed by atoms with van der Waals surface area (Å²) in [7, 11) is 0. The predicted octanol–water partition coefficient (Wildman–Crippen LogP) is 2.71. The van der Waals surface area contributed by atoms with Crippen LogP contribution in [0, 0.1) is 0 Å². The molecule has 0 unspecified atom stereocenters. The Morgan fingerprint density at radius 3 is 2.88 bits per heavy atom. The summed E-state index contributed by atoms with van der Waals surface area (Å²) >= 11 is 1.55. The van der Waals surface area contributed by atoms with Gasteiger partial charge in [0, 0.05) is 5.56 Å². The summed E-state index contributed by atoms with van der Waals surface area (Å²) in [5.74, 6) is 0.172. The zero-order chi connectivity index (χ0) is 11.3. The van der Waals surface area contributed by atoms with Crippen LogP contribution in [-0.4, -0.2) is 21.2 Å². The molecule has 1 aromatic carbocycles. The van der Waals surface area contributed by atoms with Gasteiger partial charge in [0.2, 0.25) is 5.91 Å². The van der Waals surface area contributed by atoms with Gasteiger partial charge in [0.25, 0.3) is 0 Å². The van der Waals surface area contributed by atoms with Gasteiger partial charge in [0.15, 0.2) is 5.17 Å². The van der Waals surface area contributed by atoms with E-state index in [0.29, 0.717) is 0 Å². The first kappa shape index (κ1) is 9.90. The molecule has 2 aliphatic rings. The van der Waals surface area contributed by atoms with Crippen LogP contribution in [0.25, 0.3) is 0 Å². The molecule has 0 saturated carbocycles. The SMILES string of the molecule is C[C@@H]1SC2=Nc3ccccc3[C@H](C)N2C1=O. The van der Waals surface area contributed by atoms with Gasteiger partial charge in [-0.15, -0.1) is 0 Å². The second kappa shape index (κ2) is 3.35. The lowest BCUT2D eigenvalue weighted by Crippen LogP contribution is -2.35. The van der Waals surface area contributed by atoms with Crippen LogP contribution in [0.1, 0.15) is 25.5 Å². The molecule has 1 aromatic rings. The molecule has 82 valence electrons. The van der Waals surface area contributed by atoms with Crippen molar-refractivity contribution in [2.75, 3.05) is 0 Å². The summed E-state index contributed by atoms with van der Waals surface area (Å²) in [5, 5.41) is 0.846. The Morgan fingerprint density at radius 1 is 1.31 bits per heavy atom. The third-order valence-electron chi connectivity index (χ3n) is 3.06. The van der Waals surface area contributed by atoms with Gasteiger partial charge in [-0.05, 0) is 19.9 Å². The number of carbonyl (C=O) groups is 1. The van der Waals surface area contributed by atoms with Gasteiger partial charge in [-0.3, -0.25) is 9.69 Å². The van der Waals surface area contributed by atoms with Crippen LogP contribution < -0.4 is 0 Å². The predicted molar refractivity (Wildman–Crippen MR) is 65.9 cm³/mol. The van der Waals surface area contributed by atoms with E-state index in [9.17, 15) is 4.79 Å². The summed E-state index contributed by atoms with van der Waals surface area (Å²) < 4.78 is 0. The average molecular weight is 232 g/mol.